The molecule has 0 amide bonds. The van der Waals surface area contributed by atoms with Crippen molar-refractivity contribution in [3.8, 4) is 0 Å². The number of benzene rings is 1. The first-order valence-corrected chi connectivity index (χ1v) is 9.53. The molecule has 1 heterocycles. The van der Waals surface area contributed by atoms with Crippen LogP contribution in [0, 0.1) is 0 Å². The number of nitrogens with zero attached hydrogens (tertiary/aromatic N) is 3. The van der Waals surface area contributed by atoms with E-state index in [0.717, 1.165) is 0 Å². The molecule has 17 nitrogen and oxygen atoms in total. The van der Waals surface area contributed by atoms with Gasteiger partial charge in [0.05, 0.1) is 0 Å². The summed E-state index contributed by atoms with van der Waals surface area (Å²) in [5.74, 6) is 0.0754. The summed E-state index contributed by atoms with van der Waals surface area (Å²) >= 11 is -5.39. The van der Waals surface area contributed by atoms with Gasteiger partial charge < -0.3 is 43.8 Å². The molecule has 28 heavy (non-hydrogen) atoms. The van der Waals surface area contributed by atoms with Gasteiger partial charge in [-0.3, -0.25) is 0 Å². The van der Waals surface area contributed by atoms with Gasteiger partial charge in [-0.25, -0.2) is 0 Å². The molecule has 0 fully saturated rings. The summed E-state index contributed by atoms with van der Waals surface area (Å²) < 4.78 is 30.8. The molecule has 0 aliphatic rings. The van der Waals surface area contributed by atoms with Gasteiger partial charge in [0.2, 0.25) is 0 Å². The van der Waals surface area contributed by atoms with Crippen LogP contribution in [0.1, 0.15) is 0 Å². The molecule has 1 unspecified atom stereocenters. The molecule has 1 aromatic heterocycles. The Morgan fingerprint density at radius 3 is 1.50 bits per heavy atom. The maximum absolute atomic E-state index is 11.0. The van der Waals surface area contributed by atoms with E-state index in [1.165, 1.54) is 24.3 Å². The van der Waals surface area contributed by atoms with E-state index in [1.807, 2.05) is 0 Å². The smallest absolute Gasteiger partial charge is 0.412 e. The number of hydrogen-bond donors (Lipinski definition) is 4. The molecule has 0 aliphatic heterocycles. The molecule has 0 aliphatic carbocycles. The number of aromatic nitrogens is 3. The van der Waals surface area contributed by atoms with E-state index >= 15 is 0 Å². The van der Waals surface area contributed by atoms with Crippen molar-refractivity contribution >= 4 is 46.7 Å². The fourth-order valence-corrected chi connectivity index (χ4v) is 2.83. The Balaban J connectivity index is -0.0000000741. The Morgan fingerprint density at radius 2 is 1.18 bits per heavy atom. The van der Waals surface area contributed by atoms with E-state index in [-0.39, 0.29) is 94.7 Å². The minimum atomic E-state index is -5.39. The molecule has 19 heteroatoms. The van der Waals surface area contributed by atoms with Gasteiger partial charge in [0.25, 0.3) is 0 Å². The zero-order valence-electron chi connectivity index (χ0n) is 14.5. The van der Waals surface area contributed by atoms with Crippen LogP contribution in [0.15, 0.2) is 24.3 Å². The third-order valence-electron chi connectivity index (χ3n) is 2.12. The first-order chi connectivity index (χ1) is 8.84. The quantitative estimate of drug-likeness (QED) is 0.269. The second-order valence-electron chi connectivity index (χ2n) is 3.57. The Morgan fingerprint density at radius 1 is 0.821 bits per heavy atom. The van der Waals surface area contributed by atoms with Crippen molar-refractivity contribution in [2.75, 3.05) is 16.8 Å². The summed E-state index contributed by atoms with van der Waals surface area (Å²) in [5.41, 5.74) is 11.3. The Labute approximate surface area is 185 Å². The molecule has 164 valence electrons. The van der Waals surface area contributed by atoms with Crippen molar-refractivity contribution in [2.45, 2.75) is 0 Å². The maximum atomic E-state index is 11.0. The molecule has 1 aromatic carbocycles. The average Bonchev–Trinajstić information content (AvgIpc) is 2.26. The number of nitrogens with two attached hydrogens (primary N) is 2. The maximum Gasteiger partial charge on any atom is 1.00 e. The van der Waals surface area contributed by atoms with Crippen molar-refractivity contribution in [1.29, 1.82) is 0 Å². The van der Waals surface area contributed by atoms with Crippen molar-refractivity contribution in [3.63, 3.8) is 0 Å². The number of rotatable bonds is 3. The van der Waals surface area contributed by atoms with Crippen LogP contribution in [0.25, 0.3) is 0 Å². The molecule has 0 saturated carbocycles. The third kappa shape index (κ3) is 14.9. The molecule has 2 rings (SSSR count). The van der Waals surface area contributed by atoms with Crippen LogP contribution < -0.4 is 53.2 Å². The van der Waals surface area contributed by atoms with E-state index < -0.39 is 19.6 Å². The predicted octanol–water partition coefficient (Wildman–Crippen LogP) is -11.9. The van der Waals surface area contributed by atoms with Gasteiger partial charge in [0.15, 0.2) is 0 Å². The number of hydrogen-bond acceptors (Lipinski definition) is 8. The van der Waals surface area contributed by atoms with Gasteiger partial charge in [-0.2, -0.15) is 0 Å². The van der Waals surface area contributed by atoms with Crippen molar-refractivity contribution < 1.29 is 83.2 Å². The molecule has 0 radical (unpaired) electrons. The monoisotopic (exact) mass is 538 g/mol. The van der Waals surface area contributed by atoms with Crippen LogP contribution in [-0.2, 0) is 3.02 Å². The Hall–Kier alpha value is -1.15. The first kappa shape index (κ1) is 50.5. The predicted molar refractivity (Wildman–Crippen MR) is 95.6 cm³/mol. The molecule has 0 spiro atoms. The fourth-order valence-electron chi connectivity index (χ4n) is 1.33. The molecule has 2 aromatic rings. The molecule has 1 atom stereocenters. The standard InChI is InChI=1S/C9H9N6.Na.9H2O.2O.Sb/c10-7-13-8(11)15-9(14-7)12-6-4-2-1-3-5-6;;;;;;;;;;;;;/h2-5H,(H5,10,11,12,13,14,15);;9*1H2;;;/q;+1;;;;;;;;;;;-1;+1/p-1. The SMILES string of the molecule is Nc1nc(N)nc(Nc2cc[c]([Sb](=[O])([O-])[OH])cc2)n1.O.O.O.O.O.O.O.O.[Na+]. The summed E-state index contributed by atoms with van der Waals surface area (Å²) in [5, 5.41) is 2.78. The van der Waals surface area contributed by atoms with Crippen LogP contribution in [0.3, 0.4) is 0 Å². The van der Waals surface area contributed by atoms with Crippen molar-refractivity contribution in [1.82, 2.24) is 15.0 Å². The molecular formula is C9H26N6NaO11Sb. The zero-order valence-corrected chi connectivity index (χ0v) is 19.1. The van der Waals surface area contributed by atoms with E-state index in [4.69, 9.17) is 14.9 Å². The van der Waals surface area contributed by atoms with Crippen molar-refractivity contribution in [2.24, 2.45) is 0 Å². The number of nitrogens with one attached hydrogen (secondary N) is 1. The normalized spacial score (nSPS) is 9.36. The minimum Gasteiger partial charge on any atom is -0.412 e. The van der Waals surface area contributed by atoms with Gasteiger partial charge in [-0.1, -0.05) is 0 Å². The second kappa shape index (κ2) is 20.6. The fraction of sp³-hybridized carbons (Fsp3) is 0. The molecule has 0 bridgehead atoms. The first-order valence-electron chi connectivity index (χ1n) is 5.03. The minimum absolute atomic E-state index is 0. The number of nitrogen functional groups attached to an aromatic ring is 2. The molecular weight excluding hydrogens is 513 g/mol. The van der Waals surface area contributed by atoms with E-state index in [1.54, 1.807) is 0 Å². The van der Waals surface area contributed by atoms with Gasteiger partial charge >= 0.3 is 142 Å². The summed E-state index contributed by atoms with van der Waals surface area (Å²) in [4.78, 5) is 11.2. The van der Waals surface area contributed by atoms with Crippen LogP contribution in [-0.4, -0.2) is 81.8 Å². The summed E-state index contributed by atoms with van der Waals surface area (Å²) in [6.45, 7) is 0. The number of anilines is 4. The van der Waals surface area contributed by atoms with Crippen LogP contribution in [0.4, 0.5) is 23.5 Å². The van der Waals surface area contributed by atoms with Gasteiger partial charge in [0.1, 0.15) is 0 Å². The van der Waals surface area contributed by atoms with Gasteiger partial charge in [-0.15, -0.1) is 0 Å². The Bertz CT molecular complexity index is 641. The summed E-state index contributed by atoms with van der Waals surface area (Å²) in [6.07, 6.45) is 0. The summed E-state index contributed by atoms with van der Waals surface area (Å²) in [7, 11) is 0. The van der Waals surface area contributed by atoms with Gasteiger partial charge in [0, 0.05) is 0 Å². The van der Waals surface area contributed by atoms with E-state index in [9.17, 15) is 6.40 Å². The van der Waals surface area contributed by atoms with Gasteiger partial charge in [-0.05, 0) is 0 Å². The Kier molecular flexibility index (Phi) is 37.1. The van der Waals surface area contributed by atoms with Crippen LogP contribution in [0.2, 0.25) is 0 Å². The molecule has 22 N–H and O–H groups in total. The van der Waals surface area contributed by atoms with Crippen LogP contribution in [0.5, 0.6) is 0 Å². The van der Waals surface area contributed by atoms with Crippen LogP contribution >= 0.6 is 0 Å². The zero-order chi connectivity index (χ0) is 14.0. The summed E-state index contributed by atoms with van der Waals surface area (Å²) in [6, 6.07) is 5.48. The van der Waals surface area contributed by atoms with E-state index in [0.29, 0.717) is 5.69 Å². The largest absolute Gasteiger partial charge is 1.00 e. The molecule has 0 saturated heterocycles. The third-order valence-corrected chi connectivity index (χ3v) is 4.83. The van der Waals surface area contributed by atoms with E-state index in [2.05, 4.69) is 20.3 Å². The second-order valence-corrected chi connectivity index (χ2v) is 8.01. The topological polar surface area (TPSA) is 415 Å². The average molecular weight is 539 g/mol. The van der Waals surface area contributed by atoms with Crippen molar-refractivity contribution in [3.05, 3.63) is 24.3 Å².